The molecule has 0 saturated heterocycles. The summed E-state index contributed by atoms with van der Waals surface area (Å²) in [6.07, 6.45) is 8.18. The van der Waals surface area contributed by atoms with Gasteiger partial charge in [-0.3, -0.25) is 0 Å². The zero-order valence-electron chi connectivity index (χ0n) is 9.74. The molecule has 2 aromatic carbocycles. The van der Waals surface area contributed by atoms with Crippen LogP contribution in [0.25, 0.3) is 11.1 Å². The molecule has 17 heavy (non-hydrogen) atoms. The molecule has 0 heteroatoms. The van der Waals surface area contributed by atoms with Gasteiger partial charge >= 0.3 is 0 Å². The van der Waals surface area contributed by atoms with Gasteiger partial charge in [0.25, 0.3) is 0 Å². The van der Waals surface area contributed by atoms with E-state index in [0.29, 0.717) is 0 Å². The Kier molecular flexibility index (Phi) is 2.46. The predicted molar refractivity (Wildman–Crippen MR) is 71.8 cm³/mol. The maximum absolute atomic E-state index is 5.31. The first-order valence-electron chi connectivity index (χ1n) is 6.02. The van der Waals surface area contributed by atoms with E-state index in [1.807, 2.05) is 0 Å². The van der Waals surface area contributed by atoms with Crippen molar-refractivity contribution in [3.8, 4) is 23.5 Å². The highest BCUT2D eigenvalue weighted by Crippen LogP contribution is 2.36. The van der Waals surface area contributed by atoms with E-state index in [-0.39, 0.29) is 0 Å². The molecule has 0 spiro atoms. The largest absolute Gasteiger partial charge is 0.120 e. The summed E-state index contributed by atoms with van der Waals surface area (Å²) in [5.74, 6) is 2.70. The Hall–Kier alpha value is -2.00. The van der Waals surface area contributed by atoms with Crippen LogP contribution in [0.5, 0.6) is 0 Å². The van der Waals surface area contributed by atoms with Gasteiger partial charge in [0.15, 0.2) is 0 Å². The Morgan fingerprint density at radius 2 is 1.82 bits per heavy atom. The number of hydrogen-bond acceptors (Lipinski definition) is 0. The number of aryl methyl sites for hydroxylation is 1. The highest BCUT2D eigenvalue weighted by molar-refractivity contribution is 5.76. The maximum atomic E-state index is 5.31. The smallest absolute Gasteiger partial charge is 0.0127 e. The van der Waals surface area contributed by atoms with Crippen LogP contribution in [0.3, 0.4) is 0 Å². The van der Waals surface area contributed by atoms with Crippen LogP contribution in [0.2, 0.25) is 0 Å². The third-order valence-corrected chi connectivity index (χ3v) is 3.42. The number of fused-ring (bicyclic) bond motifs is 3. The van der Waals surface area contributed by atoms with Gasteiger partial charge in [0.05, 0.1) is 0 Å². The fraction of sp³-hybridized carbons (Fsp3) is 0.176. The van der Waals surface area contributed by atoms with Crippen LogP contribution in [0, 0.1) is 12.3 Å². The van der Waals surface area contributed by atoms with E-state index in [9.17, 15) is 0 Å². The van der Waals surface area contributed by atoms with Crippen molar-refractivity contribution in [1.82, 2.24) is 0 Å². The highest BCUT2D eigenvalue weighted by atomic mass is 14.2. The van der Waals surface area contributed by atoms with Crippen LogP contribution in [0.4, 0.5) is 0 Å². The molecular formula is C17H14. The molecule has 0 atom stereocenters. The van der Waals surface area contributed by atoms with Crippen molar-refractivity contribution < 1.29 is 0 Å². The van der Waals surface area contributed by atoms with E-state index in [1.165, 1.54) is 27.8 Å². The Bertz CT molecular complexity index is 600. The van der Waals surface area contributed by atoms with Crippen LogP contribution in [-0.4, -0.2) is 0 Å². The molecule has 0 unspecified atom stereocenters. The van der Waals surface area contributed by atoms with Crippen molar-refractivity contribution in [1.29, 1.82) is 0 Å². The summed E-state index contributed by atoms with van der Waals surface area (Å²) in [4.78, 5) is 0. The van der Waals surface area contributed by atoms with E-state index in [1.54, 1.807) is 0 Å². The third kappa shape index (κ3) is 1.74. The molecule has 0 bridgehead atoms. The van der Waals surface area contributed by atoms with Crippen molar-refractivity contribution in [3.63, 3.8) is 0 Å². The Labute approximate surface area is 102 Å². The van der Waals surface area contributed by atoms with Crippen molar-refractivity contribution >= 4 is 0 Å². The number of benzene rings is 2. The lowest BCUT2D eigenvalue weighted by molar-refractivity contribution is 1.02. The van der Waals surface area contributed by atoms with Crippen LogP contribution in [0.15, 0.2) is 42.5 Å². The average molecular weight is 218 g/mol. The minimum absolute atomic E-state index is 0.825. The normalized spacial score (nSPS) is 11.7. The van der Waals surface area contributed by atoms with E-state index in [2.05, 4.69) is 48.4 Å². The minimum atomic E-state index is 0.825. The molecule has 0 aromatic heterocycles. The second-order valence-corrected chi connectivity index (χ2v) is 4.53. The summed E-state index contributed by atoms with van der Waals surface area (Å²) in [6.45, 7) is 0. The van der Waals surface area contributed by atoms with E-state index >= 15 is 0 Å². The molecule has 2 aromatic rings. The zero-order valence-corrected chi connectivity index (χ0v) is 9.74. The van der Waals surface area contributed by atoms with Gasteiger partial charge in [-0.15, -0.1) is 12.3 Å². The van der Waals surface area contributed by atoms with Crippen LogP contribution in [0.1, 0.15) is 23.1 Å². The third-order valence-electron chi connectivity index (χ3n) is 3.42. The molecular weight excluding hydrogens is 204 g/mol. The molecule has 0 amide bonds. The molecule has 0 aliphatic heterocycles. The Balaban J connectivity index is 1.99. The van der Waals surface area contributed by atoms with Crippen LogP contribution >= 0.6 is 0 Å². The number of hydrogen-bond donors (Lipinski definition) is 0. The molecule has 0 fully saturated rings. The second kappa shape index (κ2) is 4.11. The first-order chi connectivity index (χ1) is 8.38. The summed E-state index contributed by atoms with van der Waals surface area (Å²) in [6, 6.07) is 15.4. The Morgan fingerprint density at radius 3 is 2.71 bits per heavy atom. The van der Waals surface area contributed by atoms with Gasteiger partial charge in [0.2, 0.25) is 0 Å². The summed E-state index contributed by atoms with van der Waals surface area (Å²) < 4.78 is 0. The standard InChI is InChI=1S/C17H14/c1-2-3-6-13-9-10-17-15(11-13)12-14-7-4-5-8-16(14)17/h1,4-5,7-11H,3,6,12H2. The lowest BCUT2D eigenvalue weighted by Crippen LogP contribution is -1.87. The monoisotopic (exact) mass is 218 g/mol. The lowest BCUT2D eigenvalue weighted by Gasteiger charge is -2.03. The first-order valence-corrected chi connectivity index (χ1v) is 6.02. The first kappa shape index (κ1) is 10.2. The number of rotatable bonds is 2. The average Bonchev–Trinajstić information content (AvgIpc) is 2.74. The molecule has 1 aliphatic carbocycles. The summed E-state index contributed by atoms with van der Waals surface area (Å²) in [5, 5.41) is 0. The fourth-order valence-electron chi connectivity index (χ4n) is 2.57. The predicted octanol–water partition coefficient (Wildman–Crippen LogP) is 3.82. The highest BCUT2D eigenvalue weighted by Gasteiger charge is 2.17. The van der Waals surface area contributed by atoms with Crippen molar-refractivity contribution in [2.75, 3.05) is 0 Å². The van der Waals surface area contributed by atoms with Crippen molar-refractivity contribution in [2.24, 2.45) is 0 Å². The fourth-order valence-corrected chi connectivity index (χ4v) is 2.57. The molecule has 0 heterocycles. The van der Waals surface area contributed by atoms with Gasteiger partial charge in [-0.25, -0.2) is 0 Å². The molecule has 82 valence electrons. The van der Waals surface area contributed by atoms with Crippen LogP contribution in [-0.2, 0) is 12.8 Å². The quantitative estimate of drug-likeness (QED) is 0.573. The molecule has 3 rings (SSSR count). The summed E-state index contributed by atoms with van der Waals surface area (Å²) in [7, 11) is 0. The Morgan fingerprint density at radius 1 is 1.00 bits per heavy atom. The van der Waals surface area contributed by atoms with Gasteiger partial charge in [-0.1, -0.05) is 42.5 Å². The molecule has 0 saturated carbocycles. The van der Waals surface area contributed by atoms with Gasteiger partial charge in [-0.05, 0) is 40.7 Å². The number of terminal acetylenes is 1. The van der Waals surface area contributed by atoms with Gasteiger partial charge in [-0.2, -0.15) is 0 Å². The SMILES string of the molecule is C#CCCc1ccc2c(c1)Cc1ccccc1-2. The van der Waals surface area contributed by atoms with E-state index in [0.717, 1.165) is 19.3 Å². The lowest BCUT2D eigenvalue weighted by atomic mass is 10.0. The van der Waals surface area contributed by atoms with E-state index in [4.69, 9.17) is 6.42 Å². The molecule has 0 nitrogen and oxygen atoms in total. The van der Waals surface area contributed by atoms with Gasteiger partial charge < -0.3 is 0 Å². The maximum Gasteiger partial charge on any atom is 0.0127 e. The molecule has 0 radical (unpaired) electrons. The second-order valence-electron chi connectivity index (χ2n) is 4.53. The minimum Gasteiger partial charge on any atom is -0.120 e. The summed E-state index contributed by atoms with van der Waals surface area (Å²) >= 11 is 0. The zero-order chi connectivity index (χ0) is 11.7. The van der Waals surface area contributed by atoms with Gasteiger partial charge in [0, 0.05) is 6.42 Å². The van der Waals surface area contributed by atoms with E-state index < -0.39 is 0 Å². The van der Waals surface area contributed by atoms with Crippen molar-refractivity contribution in [2.45, 2.75) is 19.3 Å². The van der Waals surface area contributed by atoms with Crippen molar-refractivity contribution in [3.05, 3.63) is 59.2 Å². The van der Waals surface area contributed by atoms with Gasteiger partial charge in [0.1, 0.15) is 0 Å². The topological polar surface area (TPSA) is 0 Å². The molecule has 1 aliphatic rings. The van der Waals surface area contributed by atoms with Crippen LogP contribution < -0.4 is 0 Å². The summed E-state index contributed by atoms with van der Waals surface area (Å²) in [5.41, 5.74) is 7.03. The molecule has 0 N–H and O–H groups in total.